The van der Waals surface area contributed by atoms with Gasteiger partial charge in [-0.3, -0.25) is 9.78 Å². The second kappa shape index (κ2) is 4.52. The van der Waals surface area contributed by atoms with Crippen molar-refractivity contribution >= 4 is 16.7 Å². The standard InChI is InChI=1S/C16H17NO/c1-11-2-5-14-10-12(3-8-15(14)17-11)4-9-16(18)13-6-7-13/h2-3,5,8,10,13H,4,6-7,9H2,1H3. The van der Waals surface area contributed by atoms with Crippen molar-refractivity contribution < 1.29 is 4.79 Å². The average Bonchev–Trinajstić information content (AvgIpc) is 3.20. The third-order valence-corrected chi connectivity index (χ3v) is 3.59. The van der Waals surface area contributed by atoms with Crippen molar-refractivity contribution in [2.24, 2.45) is 5.92 Å². The van der Waals surface area contributed by atoms with Crippen molar-refractivity contribution in [2.75, 3.05) is 0 Å². The zero-order chi connectivity index (χ0) is 12.5. The third kappa shape index (κ3) is 2.42. The van der Waals surface area contributed by atoms with Crippen LogP contribution in [0.15, 0.2) is 30.3 Å². The third-order valence-electron chi connectivity index (χ3n) is 3.59. The highest BCUT2D eigenvalue weighted by molar-refractivity contribution is 5.83. The Bertz CT molecular complexity index is 599. The van der Waals surface area contributed by atoms with Gasteiger partial charge < -0.3 is 0 Å². The molecule has 1 heterocycles. The molecular weight excluding hydrogens is 222 g/mol. The van der Waals surface area contributed by atoms with Crippen molar-refractivity contribution in [1.82, 2.24) is 4.98 Å². The van der Waals surface area contributed by atoms with Crippen LogP contribution >= 0.6 is 0 Å². The van der Waals surface area contributed by atoms with Gasteiger partial charge in [-0.2, -0.15) is 0 Å². The molecule has 3 rings (SSSR count). The maximum Gasteiger partial charge on any atom is 0.136 e. The van der Waals surface area contributed by atoms with Crippen molar-refractivity contribution in [3.63, 3.8) is 0 Å². The van der Waals surface area contributed by atoms with Crippen LogP contribution in [0.1, 0.15) is 30.5 Å². The van der Waals surface area contributed by atoms with Gasteiger partial charge in [0.15, 0.2) is 0 Å². The van der Waals surface area contributed by atoms with E-state index in [1.54, 1.807) is 0 Å². The summed E-state index contributed by atoms with van der Waals surface area (Å²) in [5.41, 5.74) is 3.31. The van der Waals surface area contributed by atoms with Crippen LogP contribution in [0.4, 0.5) is 0 Å². The summed E-state index contributed by atoms with van der Waals surface area (Å²) in [7, 11) is 0. The Labute approximate surface area is 107 Å². The lowest BCUT2D eigenvalue weighted by atomic mass is 10.0. The summed E-state index contributed by atoms with van der Waals surface area (Å²) < 4.78 is 0. The average molecular weight is 239 g/mol. The first kappa shape index (κ1) is 11.4. The van der Waals surface area contributed by atoms with Gasteiger partial charge in [0.2, 0.25) is 0 Å². The Morgan fingerprint density at radius 2 is 2.11 bits per heavy atom. The SMILES string of the molecule is Cc1ccc2cc(CCC(=O)C3CC3)ccc2n1. The summed E-state index contributed by atoms with van der Waals surface area (Å²) in [5.74, 6) is 0.826. The maximum atomic E-state index is 11.7. The van der Waals surface area contributed by atoms with E-state index in [2.05, 4.69) is 29.2 Å². The largest absolute Gasteiger partial charge is 0.299 e. The number of nitrogens with zero attached hydrogens (tertiary/aromatic N) is 1. The minimum atomic E-state index is 0.384. The molecule has 2 nitrogen and oxygen atoms in total. The normalized spacial score (nSPS) is 14.9. The summed E-state index contributed by atoms with van der Waals surface area (Å²) in [6, 6.07) is 10.4. The monoisotopic (exact) mass is 239 g/mol. The number of ketones is 1. The van der Waals surface area contributed by atoms with E-state index in [-0.39, 0.29) is 0 Å². The van der Waals surface area contributed by atoms with Gasteiger partial charge in [-0.15, -0.1) is 0 Å². The number of fused-ring (bicyclic) bond motifs is 1. The van der Waals surface area contributed by atoms with E-state index in [0.717, 1.165) is 35.9 Å². The number of carbonyl (C=O) groups is 1. The molecule has 0 spiro atoms. The van der Waals surface area contributed by atoms with Gasteiger partial charge in [-0.25, -0.2) is 0 Å². The van der Waals surface area contributed by atoms with Gasteiger partial charge in [0.05, 0.1) is 5.52 Å². The number of hydrogen-bond donors (Lipinski definition) is 0. The molecule has 2 aromatic rings. The van der Waals surface area contributed by atoms with Gasteiger partial charge >= 0.3 is 0 Å². The first-order valence-corrected chi connectivity index (χ1v) is 6.61. The number of Topliss-reactive ketones (excluding diaryl/α,β-unsaturated/α-hetero) is 1. The van der Waals surface area contributed by atoms with Gasteiger partial charge in [-0.1, -0.05) is 12.1 Å². The van der Waals surface area contributed by atoms with Crippen LogP contribution in [0, 0.1) is 12.8 Å². The van der Waals surface area contributed by atoms with E-state index in [4.69, 9.17) is 0 Å². The highest BCUT2D eigenvalue weighted by Gasteiger charge is 2.28. The predicted octanol–water partition coefficient (Wildman–Crippen LogP) is 3.45. The molecule has 0 bridgehead atoms. The van der Waals surface area contributed by atoms with Gasteiger partial charge in [-0.05, 0) is 49.9 Å². The minimum absolute atomic E-state index is 0.384. The second-order valence-corrected chi connectivity index (χ2v) is 5.22. The molecule has 92 valence electrons. The van der Waals surface area contributed by atoms with Crippen LogP contribution in [0.3, 0.4) is 0 Å². The molecular formula is C16H17NO. The fraction of sp³-hybridized carbons (Fsp3) is 0.375. The molecule has 0 saturated heterocycles. The lowest BCUT2D eigenvalue weighted by Gasteiger charge is -2.04. The summed E-state index contributed by atoms with van der Waals surface area (Å²) in [4.78, 5) is 16.2. The lowest BCUT2D eigenvalue weighted by molar-refractivity contribution is -0.120. The zero-order valence-corrected chi connectivity index (χ0v) is 10.6. The first-order valence-electron chi connectivity index (χ1n) is 6.61. The molecule has 0 amide bonds. The van der Waals surface area contributed by atoms with Crippen LogP contribution in [0.5, 0.6) is 0 Å². The molecule has 1 fully saturated rings. The molecule has 18 heavy (non-hydrogen) atoms. The Hall–Kier alpha value is -1.70. The maximum absolute atomic E-state index is 11.7. The van der Waals surface area contributed by atoms with E-state index >= 15 is 0 Å². The molecule has 0 radical (unpaired) electrons. The molecule has 1 aliphatic carbocycles. The lowest BCUT2D eigenvalue weighted by Crippen LogP contribution is -2.02. The van der Waals surface area contributed by atoms with Crippen molar-refractivity contribution in [2.45, 2.75) is 32.6 Å². The summed E-state index contributed by atoms with van der Waals surface area (Å²) in [6.45, 7) is 2.00. The van der Waals surface area contributed by atoms with Crippen LogP contribution in [-0.2, 0) is 11.2 Å². The highest BCUT2D eigenvalue weighted by Crippen LogP contribution is 2.31. The molecule has 0 aliphatic heterocycles. The molecule has 2 heteroatoms. The van der Waals surface area contributed by atoms with Crippen molar-refractivity contribution in [3.8, 4) is 0 Å². The number of benzene rings is 1. The fourth-order valence-electron chi connectivity index (χ4n) is 2.31. The molecule has 1 aliphatic rings. The molecule has 0 N–H and O–H groups in total. The van der Waals surface area contributed by atoms with Gasteiger partial charge in [0.25, 0.3) is 0 Å². The number of aryl methyl sites for hydroxylation is 2. The molecule has 1 aromatic carbocycles. The smallest absolute Gasteiger partial charge is 0.136 e. The van der Waals surface area contributed by atoms with E-state index < -0.39 is 0 Å². The highest BCUT2D eigenvalue weighted by atomic mass is 16.1. The number of pyridine rings is 1. The molecule has 1 saturated carbocycles. The van der Waals surface area contributed by atoms with Crippen molar-refractivity contribution in [1.29, 1.82) is 0 Å². The van der Waals surface area contributed by atoms with E-state index in [1.807, 2.05) is 13.0 Å². The predicted molar refractivity (Wildman–Crippen MR) is 72.5 cm³/mol. The minimum Gasteiger partial charge on any atom is -0.299 e. The van der Waals surface area contributed by atoms with Crippen LogP contribution in [0.2, 0.25) is 0 Å². The fourth-order valence-corrected chi connectivity index (χ4v) is 2.31. The van der Waals surface area contributed by atoms with E-state index in [0.29, 0.717) is 18.1 Å². The summed E-state index contributed by atoms with van der Waals surface area (Å²) in [6.07, 6.45) is 3.77. The van der Waals surface area contributed by atoms with Gasteiger partial charge in [0.1, 0.15) is 5.78 Å². The number of hydrogen-bond acceptors (Lipinski definition) is 2. The molecule has 0 atom stereocenters. The zero-order valence-electron chi connectivity index (χ0n) is 10.6. The number of aromatic nitrogens is 1. The summed E-state index contributed by atoms with van der Waals surface area (Å²) in [5, 5.41) is 1.16. The van der Waals surface area contributed by atoms with Gasteiger partial charge in [0, 0.05) is 23.4 Å². The molecule has 1 aromatic heterocycles. The number of carbonyl (C=O) groups excluding carboxylic acids is 1. The van der Waals surface area contributed by atoms with Crippen molar-refractivity contribution in [3.05, 3.63) is 41.6 Å². The van der Waals surface area contributed by atoms with Crippen LogP contribution in [0.25, 0.3) is 10.9 Å². The molecule has 0 unspecified atom stereocenters. The van der Waals surface area contributed by atoms with Crippen LogP contribution in [-0.4, -0.2) is 10.8 Å². The quantitative estimate of drug-likeness (QED) is 0.818. The number of rotatable bonds is 4. The Kier molecular flexibility index (Phi) is 2.86. The summed E-state index contributed by atoms with van der Waals surface area (Å²) >= 11 is 0. The van der Waals surface area contributed by atoms with Crippen LogP contribution < -0.4 is 0 Å². The Morgan fingerprint density at radius 3 is 2.89 bits per heavy atom. The Balaban J connectivity index is 1.76. The first-order chi connectivity index (χ1) is 8.72. The second-order valence-electron chi connectivity index (χ2n) is 5.22. The topological polar surface area (TPSA) is 30.0 Å². The Morgan fingerprint density at radius 1 is 1.28 bits per heavy atom. The van der Waals surface area contributed by atoms with E-state index in [9.17, 15) is 4.79 Å². The van der Waals surface area contributed by atoms with E-state index in [1.165, 1.54) is 5.56 Å².